The van der Waals surface area contributed by atoms with Crippen molar-refractivity contribution in [3.05, 3.63) is 53.9 Å². The molecule has 1 saturated heterocycles. The first-order valence-corrected chi connectivity index (χ1v) is 10.5. The molecule has 2 heterocycles. The van der Waals surface area contributed by atoms with Gasteiger partial charge in [0.05, 0.1) is 11.4 Å². The largest absolute Gasteiger partial charge is 0.276 e. The Morgan fingerprint density at radius 1 is 1.20 bits per heavy atom. The molecule has 0 bridgehead atoms. The van der Waals surface area contributed by atoms with E-state index in [0.29, 0.717) is 31.8 Å². The van der Waals surface area contributed by atoms with Gasteiger partial charge in [0.1, 0.15) is 0 Å². The van der Waals surface area contributed by atoms with E-state index < -0.39 is 10.0 Å². The second-order valence-corrected chi connectivity index (χ2v) is 9.10. The van der Waals surface area contributed by atoms with E-state index in [9.17, 15) is 8.42 Å². The number of aromatic nitrogens is 2. The summed E-state index contributed by atoms with van der Waals surface area (Å²) in [6.07, 6.45) is 6.90. The van der Waals surface area contributed by atoms with Crippen LogP contribution in [0.15, 0.2) is 42.7 Å². The van der Waals surface area contributed by atoms with Crippen LogP contribution < -0.4 is 0 Å². The van der Waals surface area contributed by atoms with Gasteiger partial charge in [0.2, 0.25) is 10.0 Å². The maximum atomic E-state index is 13.1. The van der Waals surface area contributed by atoms with Crippen LogP contribution in [0.2, 0.25) is 0 Å². The van der Waals surface area contributed by atoms with Crippen molar-refractivity contribution in [3.8, 4) is 0 Å². The molecule has 1 unspecified atom stereocenters. The first-order chi connectivity index (χ1) is 12.0. The molecule has 0 radical (unpaired) electrons. The van der Waals surface area contributed by atoms with Gasteiger partial charge < -0.3 is 0 Å². The second kappa shape index (κ2) is 7.70. The molecule has 1 aromatic carbocycles. The fourth-order valence-corrected chi connectivity index (χ4v) is 5.61. The van der Waals surface area contributed by atoms with Crippen molar-refractivity contribution in [1.29, 1.82) is 0 Å². The van der Waals surface area contributed by atoms with Gasteiger partial charge in [-0.3, -0.25) is 4.68 Å². The van der Waals surface area contributed by atoms with Crippen LogP contribution in [0.25, 0.3) is 0 Å². The molecule has 0 N–H and O–H groups in total. The van der Waals surface area contributed by atoms with E-state index in [0.717, 1.165) is 18.4 Å². The van der Waals surface area contributed by atoms with Crippen LogP contribution in [0.1, 0.15) is 43.2 Å². The minimum atomic E-state index is -3.26. The van der Waals surface area contributed by atoms with Crippen molar-refractivity contribution >= 4 is 10.0 Å². The van der Waals surface area contributed by atoms with Crippen LogP contribution in [0.3, 0.4) is 0 Å². The molecule has 1 atom stereocenters. The fourth-order valence-electron chi connectivity index (χ4n) is 3.64. The first kappa shape index (κ1) is 18.1. The highest BCUT2D eigenvalue weighted by molar-refractivity contribution is 7.89. The molecule has 1 aliphatic rings. The van der Waals surface area contributed by atoms with E-state index in [4.69, 9.17) is 0 Å². The number of hydrogen-bond acceptors (Lipinski definition) is 3. The summed E-state index contributed by atoms with van der Waals surface area (Å²) in [5.74, 6) is 0.411. The van der Waals surface area contributed by atoms with Gasteiger partial charge in [-0.15, -0.1) is 0 Å². The van der Waals surface area contributed by atoms with E-state index in [1.54, 1.807) is 4.31 Å². The predicted molar refractivity (Wildman–Crippen MR) is 99.9 cm³/mol. The van der Waals surface area contributed by atoms with E-state index in [2.05, 4.69) is 5.10 Å². The number of piperidine rings is 1. The van der Waals surface area contributed by atoms with Crippen LogP contribution in [-0.4, -0.2) is 40.8 Å². The Balaban J connectivity index is 1.65. The highest BCUT2D eigenvalue weighted by Crippen LogP contribution is 2.30. The lowest BCUT2D eigenvalue weighted by Gasteiger charge is -2.33. The highest BCUT2D eigenvalue weighted by Gasteiger charge is 2.34. The predicted octanol–water partition coefficient (Wildman–Crippen LogP) is 2.95. The second-order valence-electron chi connectivity index (χ2n) is 6.89. The molecule has 0 amide bonds. The molecular formula is C19H27N3O2S. The summed E-state index contributed by atoms with van der Waals surface area (Å²) in [6.45, 7) is 3.17. The van der Waals surface area contributed by atoms with Crippen LogP contribution in [0.5, 0.6) is 0 Å². The fraction of sp³-hybridized carbons (Fsp3) is 0.526. The molecule has 1 fully saturated rings. The lowest BCUT2D eigenvalue weighted by atomic mass is 9.93. The Morgan fingerprint density at radius 3 is 2.44 bits per heavy atom. The first-order valence-electron chi connectivity index (χ1n) is 9.02. The van der Waals surface area contributed by atoms with Gasteiger partial charge in [-0.05, 0) is 42.7 Å². The zero-order valence-corrected chi connectivity index (χ0v) is 15.8. The maximum absolute atomic E-state index is 13.1. The molecule has 0 spiro atoms. The lowest BCUT2D eigenvalue weighted by molar-refractivity contribution is 0.315. The number of benzene rings is 1. The Bertz CT molecular complexity index is 778. The molecule has 3 rings (SSSR count). The quantitative estimate of drug-likeness (QED) is 0.795. The van der Waals surface area contributed by atoms with Crippen molar-refractivity contribution in [3.63, 3.8) is 0 Å². The average molecular weight is 362 g/mol. The van der Waals surface area contributed by atoms with E-state index in [1.165, 1.54) is 5.56 Å². The molecule has 1 aromatic heterocycles. The minimum Gasteiger partial charge on any atom is -0.276 e. The van der Waals surface area contributed by atoms with Crippen molar-refractivity contribution in [2.45, 2.75) is 43.8 Å². The molecule has 2 aromatic rings. The standard InChI is InChI=1S/C19H27N3O2S/c1-3-19(13-16-7-5-4-6-8-16)25(23,24)22-11-9-17(10-12-22)18-14-20-21(2)15-18/h4-8,14-15,17,19H,3,9-13H2,1-2H3. The third-order valence-corrected chi connectivity index (χ3v) is 7.62. The van der Waals surface area contributed by atoms with Crippen LogP contribution >= 0.6 is 0 Å². The third-order valence-electron chi connectivity index (χ3n) is 5.19. The molecule has 6 heteroatoms. The molecule has 25 heavy (non-hydrogen) atoms. The summed E-state index contributed by atoms with van der Waals surface area (Å²) >= 11 is 0. The zero-order chi connectivity index (χ0) is 17.9. The summed E-state index contributed by atoms with van der Waals surface area (Å²) in [6, 6.07) is 9.91. The van der Waals surface area contributed by atoms with Gasteiger partial charge in [0.25, 0.3) is 0 Å². The molecule has 0 aliphatic carbocycles. The Kier molecular flexibility index (Phi) is 5.59. The summed E-state index contributed by atoms with van der Waals surface area (Å²) in [7, 11) is -1.35. The van der Waals surface area contributed by atoms with E-state index in [-0.39, 0.29) is 5.25 Å². The van der Waals surface area contributed by atoms with Gasteiger partial charge in [0.15, 0.2) is 0 Å². The van der Waals surface area contributed by atoms with Crippen LogP contribution in [-0.2, 0) is 23.5 Å². The normalized spacial score (nSPS) is 18.3. The highest BCUT2D eigenvalue weighted by atomic mass is 32.2. The van der Waals surface area contributed by atoms with Gasteiger partial charge in [-0.2, -0.15) is 5.10 Å². The van der Waals surface area contributed by atoms with Crippen molar-refractivity contribution in [2.24, 2.45) is 7.05 Å². The summed E-state index contributed by atoms with van der Waals surface area (Å²) in [5, 5.41) is 3.89. The third kappa shape index (κ3) is 4.12. The summed E-state index contributed by atoms with van der Waals surface area (Å²) in [4.78, 5) is 0. The van der Waals surface area contributed by atoms with Crippen LogP contribution in [0, 0.1) is 0 Å². The molecule has 1 aliphatic heterocycles. The van der Waals surface area contributed by atoms with E-state index in [1.807, 2.05) is 61.4 Å². The Hall–Kier alpha value is -1.66. The summed E-state index contributed by atoms with van der Waals surface area (Å²) in [5.41, 5.74) is 2.30. The Labute approximate surface area is 150 Å². The number of aryl methyl sites for hydroxylation is 1. The summed E-state index contributed by atoms with van der Waals surface area (Å²) < 4.78 is 29.7. The smallest absolute Gasteiger partial charge is 0.217 e. The van der Waals surface area contributed by atoms with Crippen molar-refractivity contribution < 1.29 is 8.42 Å². The molecular weight excluding hydrogens is 334 g/mol. The SMILES string of the molecule is CCC(Cc1ccccc1)S(=O)(=O)N1CCC(c2cnn(C)c2)CC1. The van der Waals surface area contributed by atoms with Gasteiger partial charge in [-0.25, -0.2) is 12.7 Å². The van der Waals surface area contributed by atoms with Crippen LogP contribution in [0.4, 0.5) is 0 Å². The van der Waals surface area contributed by atoms with Gasteiger partial charge in [-0.1, -0.05) is 37.3 Å². The Morgan fingerprint density at radius 2 is 1.88 bits per heavy atom. The zero-order valence-electron chi connectivity index (χ0n) is 15.0. The number of nitrogens with zero attached hydrogens (tertiary/aromatic N) is 3. The van der Waals surface area contributed by atoms with Crippen molar-refractivity contribution in [1.82, 2.24) is 14.1 Å². The van der Waals surface area contributed by atoms with Gasteiger partial charge in [0, 0.05) is 26.3 Å². The maximum Gasteiger partial charge on any atom is 0.217 e. The topological polar surface area (TPSA) is 55.2 Å². The van der Waals surface area contributed by atoms with Gasteiger partial charge >= 0.3 is 0 Å². The average Bonchev–Trinajstić information content (AvgIpc) is 3.07. The van der Waals surface area contributed by atoms with E-state index >= 15 is 0 Å². The minimum absolute atomic E-state index is 0.343. The van der Waals surface area contributed by atoms with Crippen molar-refractivity contribution in [2.75, 3.05) is 13.1 Å². The lowest BCUT2D eigenvalue weighted by Crippen LogP contribution is -2.43. The number of hydrogen-bond donors (Lipinski definition) is 0. The monoisotopic (exact) mass is 361 g/mol. The molecule has 136 valence electrons. The molecule has 5 nitrogen and oxygen atoms in total. The number of rotatable bonds is 6. The molecule has 0 saturated carbocycles. The number of sulfonamides is 1.